The zero-order chi connectivity index (χ0) is 12.4. The van der Waals surface area contributed by atoms with Crippen LogP contribution in [0.15, 0.2) is 42.5 Å². The molecule has 0 heterocycles. The molecule has 0 atom stereocenters. The van der Waals surface area contributed by atoms with Gasteiger partial charge in [0.15, 0.2) is 0 Å². The molecule has 2 aromatic carbocycles. The highest BCUT2D eigenvalue weighted by Gasteiger charge is 2.09. The summed E-state index contributed by atoms with van der Waals surface area (Å²) in [6, 6.07) is 12.3. The highest BCUT2D eigenvalue weighted by Crippen LogP contribution is 2.26. The number of nitro groups is 1. The Hall–Kier alpha value is -1.87. The van der Waals surface area contributed by atoms with Crippen LogP contribution in [0.1, 0.15) is 5.56 Å². The first-order valence-electron chi connectivity index (χ1n) is 5.08. The van der Waals surface area contributed by atoms with Gasteiger partial charge in [0.05, 0.1) is 4.92 Å². The van der Waals surface area contributed by atoms with E-state index < -0.39 is 0 Å². The second-order valence-electron chi connectivity index (χ2n) is 3.82. The van der Waals surface area contributed by atoms with E-state index in [1.165, 1.54) is 0 Å². The summed E-state index contributed by atoms with van der Waals surface area (Å²) in [6.45, 7) is 1.84. The number of hydrogen-bond acceptors (Lipinski definition) is 2. The number of non-ortho nitro benzene ring substituents is 1. The predicted molar refractivity (Wildman–Crippen MR) is 68.3 cm³/mol. The molecule has 17 heavy (non-hydrogen) atoms. The van der Waals surface area contributed by atoms with E-state index in [1.807, 2.05) is 25.1 Å². The van der Waals surface area contributed by atoms with Gasteiger partial charge >= 0.3 is 0 Å². The normalized spacial score (nSPS) is 10.2. The van der Waals surface area contributed by atoms with Crippen molar-refractivity contribution in [1.29, 1.82) is 0 Å². The van der Waals surface area contributed by atoms with Gasteiger partial charge in [-0.3, -0.25) is 10.1 Å². The third kappa shape index (κ3) is 2.63. The van der Waals surface area contributed by atoms with E-state index in [4.69, 9.17) is 11.6 Å². The molecule has 0 bridgehead atoms. The van der Waals surface area contributed by atoms with Crippen molar-refractivity contribution < 1.29 is 4.92 Å². The lowest BCUT2D eigenvalue weighted by Gasteiger charge is -2.03. The molecule has 0 aromatic heterocycles. The summed E-state index contributed by atoms with van der Waals surface area (Å²) in [4.78, 5) is 10.4. The van der Waals surface area contributed by atoms with Crippen molar-refractivity contribution in [2.75, 3.05) is 0 Å². The molecule has 0 saturated carbocycles. The zero-order valence-corrected chi connectivity index (χ0v) is 9.94. The third-order valence-electron chi connectivity index (χ3n) is 2.45. The molecule has 0 aliphatic rings. The molecule has 0 N–H and O–H groups in total. The number of aryl methyl sites for hydroxylation is 1. The third-order valence-corrected chi connectivity index (χ3v) is 2.70. The Balaban J connectivity index is 2.51. The maximum Gasteiger partial charge on any atom is 0.270 e. The minimum absolute atomic E-state index is 0.106. The fraction of sp³-hybridized carbons (Fsp3) is 0.0769. The van der Waals surface area contributed by atoms with Gasteiger partial charge in [0, 0.05) is 17.2 Å². The van der Waals surface area contributed by atoms with E-state index in [0.717, 1.165) is 16.7 Å². The molecule has 0 radical (unpaired) electrons. The summed E-state index contributed by atoms with van der Waals surface area (Å²) < 4.78 is 0. The summed E-state index contributed by atoms with van der Waals surface area (Å²) in [6.07, 6.45) is 0. The highest BCUT2D eigenvalue weighted by atomic mass is 35.5. The van der Waals surface area contributed by atoms with Crippen LogP contribution in [0.3, 0.4) is 0 Å². The minimum Gasteiger partial charge on any atom is -0.258 e. The molecular weight excluding hydrogens is 238 g/mol. The van der Waals surface area contributed by atoms with Crippen LogP contribution in [0, 0.1) is 17.0 Å². The molecule has 4 heteroatoms. The van der Waals surface area contributed by atoms with Crippen LogP contribution in [0.25, 0.3) is 11.1 Å². The maximum absolute atomic E-state index is 10.8. The van der Waals surface area contributed by atoms with E-state index >= 15 is 0 Å². The smallest absolute Gasteiger partial charge is 0.258 e. The molecular formula is C13H10ClNO2. The number of hydrogen-bond donors (Lipinski definition) is 0. The van der Waals surface area contributed by atoms with Gasteiger partial charge in [-0.15, -0.1) is 0 Å². The van der Waals surface area contributed by atoms with Gasteiger partial charge in [-0.25, -0.2) is 0 Å². The summed E-state index contributed by atoms with van der Waals surface area (Å²) in [5.74, 6) is 0. The highest BCUT2D eigenvalue weighted by molar-refractivity contribution is 6.30. The molecule has 3 nitrogen and oxygen atoms in total. The fourth-order valence-electron chi connectivity index (χ4n) is 1.68. The number of benzene rings is 2. The molecule has 0 aliphatic carbocycles. The summed E-state index contributed by atoms with van der Waals surface area (Å²) in [5, 5.41) is 11.4. The van der Waals surface area contributed by atoms with Gasteiger partial charge in [0.1, 0.15) is 0 Å². The second-order valence-corrected chi connectivity index (χ2v) is 4.26. The van der Waals surface area contributed by atoms with Gasteiger partial charge in [-0.05, 0) is 35.7 Å². The van der Waals surface area contributed by atoms with Crippen LogP contribution in [0.5, 0.6) is 0 Å². The lowest BCUT2D eigenvalue weighted by molar-refractivity contribution is -0.384. The van der Waals surface area contributed by atoms with E-state index in [-0.39, 0.29) is 10.6 Å². The minimum atomic E-state index is -0.383. The number of nitrogens with zero attached hydrogens (tertiary/aromatic N) is 1. The van der Waals surface area contributed by atoms with Crippen molar-refractivity contribution in [3.8, 4) is 11.1 Å². The lowest BCUT2D eigenvalue weighted by atomic mass is 10.0. The van der Waals surface area contributed by atoms with Gasteiger partial charge in [-0.1, -0.05) is 29.8 Å². The molecule has 0 aliphatic heterocycles. The average Bonchev–Trinajstić information content (AvgIpc) is 2.29. The second kappa shape index (κ2) is 4.55. The SMILES string of the molecule is Cc1cc(-c2ccc(Cl)cc2)cc([N+](=O)[O-])c1. The van der Waals surface area contributed by atoms with Crippen LogP contribution in [-0.2, 0) is 0 Å². The summed E-state index contributed by atoms with van der Waals surface area (Å²) in [7, 11) is 0. The summed E-state index contributed by atoms with van der Waals surface area (Å²) in [5.41, 5.74) is 2.72. The van der Waals surface area contributed by atoms with E-state index in [0.29, 0.717) is 5.02 Å². The zero-order valence-electron chi connectivity index (χ0n) is 9.18. The Morgan fingerprint density at radius 3 is 2.29 bits per heavy atom. The monoisotopic (exact) mass is 247 g/mol. The van der Waals surface area contributed by atoms with E-state index in [9.17, 15) is 10.1 Å². The Labute approximate surface area is 104 Å². The number of rotatable bonds is 2. The topological polar surface area (TPSA) is 43.1 Å². The van der Waals surface area contributed by atoms with E-state index in [1.54, 1.807) is 24.3 Å². The molecule has 0 fully saturated rings. The van der Waals surface area contributed by atoms with Crippen molar-refractivity contribution in [2.24, 2.45) is 0 Å². The van der Waals surface area contributed by atoms with E-state index in [2.05, 4.69) is 0 Å². The molecule has 0 saturated heterocycles. The van der Waals surface area contributed by atoms with Crippen LogP contribution < -0.4 is 0 Å². The first-order chi connectivity index (χ1) is 8.06. The fourth-order valence-corrected chi connectivity index (χ4v) is 1.80. The Bertz CT molecular complexity index is 564. The van der Waals surface area contributed by atoms with Crippen LogP contribution in [-0.4, -0.2) is 4.92 Å². The molecule has 0 amide bonds. The quantitative estimate of drug-likeness (QED) is 0.589. The predicted octanol–water partition coefficient (Wildman–Crippen LogP) is 4.22. The van der Waals surface area contributed by atoms with Crippen molar-refractivity contribution in [3.63, 3.8) is 0 Å². The standard InChI is InChI=1S/C13H10ClNO2/c1-9-6-11(8-13(7-9)15(16)17)10-2-4-12(14)5-3-10/h2-8H,1H3. The Kier molecular flexibility index (Phi) is 3.11. The van der Waals surface area contributed by atoms with Gasteiger partial charge in [0.25, 0.3) is 5.69 Å². The number of nitro benzene ring substituents is 1. The molecule has 86 valence electrons. The lowest BCUT2D eigenvalue weighted by Crippen LogP contribution is -1.90. The Morgan fingerprint density at radius 1 is 1.06 bits per heavy atom. The van der Waals surface area contributed by atoms with Crippen molar-refractivity contribution >= 4 is 17.3 Å². The van der Waals surface area contributed by atoms with Crippen molar-refractivity contribution in [2.45, 2.75) is 6.92 Å². The molecule has 0 spiro atoms. The first kappa shape index (κ1) is 11.6. The van der Waals surface area contributed by atoms with Crippen LogP contribution >= 0.6 is 11.6 Å². The largest absolute Gasteiger partial charge is 0.270 e. The van der Waals surface area contributed by atoms with Gasteiger partial charge in [0.2, 0.25) is 0 Å². The van der Waals surface area contributed by atoms with Crippen molar-refractivity contribution in [1.82, 2.24) is 0 Å². The van der Waals surface area contributed by atoms with Crippen LogP contribution in [0.4, 0.5) is 5.69 Å². The van der Waals surface area contributed by atoms with Crippen LogP contribution in [0.2, 0.25) is 5.02 Å². The van der Waals surface area contributed by atoms with Gasteiger partial charge in [-0.2, -0.15) is 0 Å². The summed E-state index contributed by atoms with van der Waals surface area (Å²) >= 11 is 5.80. The number of halogens is 1. The van der Waals surface area contributed by atoms with Gasteiger partial charge < -0.3 is 0 Å². The molecule has 2 rings (SSSR count). The average molecular weight is 248 g/mol. The molecule has 0 unspecified atom stereocenters. The molecule has 2 aromatic rings. The Morgan fingerprint density at radius 2 is 1.71 bits per heavy atom. The first-order valence-corrected chi connectivity index (χ1v) is 5.46. The maximum atomic E-state index is 10.8. The van der Waals surface area contributed by atoms with Crippen molar-refractivity contribution in [3.05, 3.63) is 63.2 Å².